The van der Waals surface area contributed by atoms with Crippen molar-refractivity contribution in [2.75, 3.05) is 11.9 Å². The second kappa shape index (κ2) is 9.87. The number of para-hydroxylation sites is 2. The van der Waals surface area contributed by atoms with Crippen molar-refractivity contribution in [3.63, 3.8) is 0 Å². The van der Waals surface area contributed by atoms with Gasteiger partial charge in [-0.25, -0.2) is 4.98 Å². The van der Waals surface area contributed by atoms with Crippen LogP contribution in [0.2, 0.25) is 0 Å². The van der Waals surface area contributed by atoms with E-state index in [1.807, 2.05) is 60.0 Å². The fraction of sp³-hybridized carbons (Fsp3) is 0.348. The van der Waals surface area contributed by atoms with Crippen molar-refractivity contribution >= 4 is 28.5 Å². The first-order valence-electron chi connectivity index (χ1n) is 10.2. The van der Waals surface area contributed by atoms with E-state index >= 15 is 0 Å². The van der Waals surface area contributed by atoms with Gasteiger partial charge in [-0.1, -0.05) is 38.1 Å². The van der Waals surface area contributed by atoms with Crippen LogP contribution < -0.4 is 10.6 Å². The molecule has 0 saturated carbocycles. The molecule has 0 bridgehead atoms. The average Bonchev–Trinajstić information content (AvgIpc) is 3.06. The fourth-order valence-corrected chi connectivity index (χ4v) is 3.29. The van der Waals surface area contributed by atoms with Gasteiger partial charge in [-0.05, 0) is 42.7 Å². The average molecular weight is 393 g/mol. The number of carbonyl (C=O) groups is 2. The summed E-state index contributed by atoms with van der Waals surface area (Å²) in [6, 6.07) is 15.7. The molecule has 0 saturated heterocycles. The number of fused-ring (bicyclic) bond motifs is 1. The minimum atomic E-state index is -0.103. The van der Waals surface area contributed by atoms with Gasteiger partial charge in [0.1, 0.15) is 12.4 Å². The van der Waals surface area contributed by atoms with Gasteiger partial charge in [0.25, 0.3) is 0 Å². The van der Waals surface area contributed by atoms with E-state index in [-0.39, 0.29) is 18.4 Å². The summed E-state index contributed by atoms with van der Waals surface area (Å²) in [6.07, 6.45) is 2.88. The summed E-state index contributed by atoms with van der Waals surface area (Å²) < 4.78 is 1.93. The molecule has 0 atom stereocenters. The van der Waals surface area contributed by atoms with Crippen molar-refractivity contribution in [1.82, 2.24) is 14.9 Å². The van der Waals surface area contributed by atoms with Gasteiger partial charge >= 0.3 is 0 Å². The van der Waals surface area contributed by atoms with Crippen LogP contribution in [0.3, 0.4) is 0 Å². The zero-order chi connectivity index (χ0) is 20.6. The number of benzene rings is 2. The number of imidazole rings is 1. The Kier molecular flexibility index (Phi) is 7.00. The number of aryl methyl sites for hydroxylation is 1. The zero-order valence-corrected chi connectivity index (χ0v) is 17.1. The minimum absolute atomic E-state index is 0.0448. The normalized spacial score (nSPS) is 10.8. The molecule has 6 heteroatoms. The van der Waals surface area contributed by atoms with Crippen LogP contribution >= 0.6 is 0 Å². The summed E-state index contributed by atoms with van der Waals surface area (Å²) >= 11 is 0. The molecule has 1 heterocycles. The predicted octanol–water partition coefficient (Wildman–Crippen LogP) is 3.70. The molecule has 6 nitrogen and oxygen atoms in total. The molecule has 0 spiro atoms. The maximum absolute atomic E-state index is 12.7. The van der Waals surface area contributed by atoms with Crippen LogP contribution in [0.4, 0.5) is 5.69 Å². The molecule has 0 radical (unpaired) electrons. The van der Waals surface area contributed by atoms with E-state index in [4.69, 9.17) is 0 Å². The van der Waals surface area contributed by atoms with Gasteiger partial charge in [0.05, 0.1) is 11.0 Å². The number of nitrogens with zero attached hydrogens (tertiary/aromatic N) is 2. The number of carbonyl (C=O) groups excluding carboxylic acids is 2. The first-order chi connectivity index (χ1) is 14.1. The molecule has 2 aromatic carbocycles. The van der Waals surface area contributed by atoms with E-state index in [1.54, 1.807) is 0 Å². The quantitative estimate of drug-likeness (QED) is 0.583. The summed E-state index contributed by atoms with van der Waals surface area (Å²) in [5, 5.41) is 5.87. The lowest BCUT2D eigenvalue weighted by molar-refractivity contribution is -0.121. The van der Waals surface area contributed by atoms with Crippen LogP contribution in [-0.4, -0.2) is 27.9 Å². The molecule has 2 amide bonds. The van der Waals surface area contributed by atoms with Gasteiger partial charge in [-0.15, -0.1) is 0 Å². The first kappa shape index (κ1) is 20.6. The molecule has 3 aromatic rings. The van der Waals surface area contributed by atoms with Crippen molar-refractivity contribution in [3.8, 4) is 0 Å². The second-order valence-corrected chi connectivity index (χ2v) is 7.05. The highest BCUT2D eigenvalue weighted by molar-refractivity contribution is 5.91. The van der Waals surface area contributed by atoms with Crippen molar-refractivity contribution < 1.29 is 9.59 Å². The van der Waals surface area contributed by atoms with Crippen molar-refractivity contribution in [1.29, 1.82) is 0 Å². The number of rotatable bonds is 9. The summed E-state index contributed by atoms with van der Waals surface area (Å²) in [5.41, 5.74) is 3.78. The van der Waals surface area contributed by atoms with E-state index in [9.17, 15) is 9.59 Å². The van der Waals surface area contributed by atoms with Crippen LogP contribution in [0, 0.1) is 0 Å². The minimum Gasteiger partial charge on any atom is -0.356 e. The highest BCUT2D eigenvalue weighted by atomic mass is 16.2. The summed E-state index contributed by atoms with van der Waals surface area (Å²) in [7, 11) is 0. The van der Waals surface area contributed by atoms with E-state index in [1.165, 1.54) is 5.56 Å². The number of aromatic nitrogens is 2. The number of amides is 2. The summed E-state index contributed by atoms with van der Waals surface area (Å²) in [6.45, 7) is 4.76. The van der Waals surface area contributed by atoms with E-state index in [2.05, 4.69) is 22.5 Å². The monoisotopic (exact) mass is 392 g/mol. The highest BCUT2D eigenvalue weighted by Gasteiger charge is 2.14. The molecule has 0 aliphatic carbocycles. The molecule has 0 unspecified atom stereocenters. The van der Waals surface area contributed by atoms with Crippen LogP contribution in [-0.2, 0) is 29.0 Å². The van der Waals surface area contributed by atoms with Crippen LogP contribution in [0.15, 0.2) is 48.5 Å². The Balaban J connectivity index is 1.72. The molecule has 0 aliphatic heterocycles. The van der Waals surface area contributed by atoms with E-state index in [0.717, 1.165) is 35.4 Å². The van der Waals surface area contributed by atoms with Crippen molar-refractivity contribution in [3.05, 3.63) is 59.9 Å². The van der Waals surface area contributed by atoms with Gasteiger partial charge < -0.3 is 15.2 Å². The fourth-order valence-electron chi connectivity index (χ4n) is 3.29. The highest BCUT2D eigenvalue weighted by Crippen LogP contribution is 2.17. The predicted molar refractivity (Wildman–Crippen MR) is 116 cm³/mol. The van der Waals surface area contributed by atoms with Gasteiger partial charge in [0.15, 0.2) is 0 Å². The van der Waals surface area contributed by atoms with Crippen molar-refractivity contribution in [2.24, 2.45) is 0 Å². The molecule has 0 fully saturated rings. The number of hydrogen-bond donors (Lipinski definition) is 2. The SMILES string of the molecule is CCCC(=O)NCCc1nc2ccccc2n1CC(=O)Nc1ccc(CC)cc1. The van der Waals surface area contributed by atoms with Crippen molar-refractivity contribution in [2.45, 2.75) is 46.1 Å². The third-order valence-corrected chi connectivity index (χ3v) is 4.83. The Morgan fingerprint density at radius 1 is 1.00 bits per heavy atom. The molecular formula is C23H28N4O2. The largest absolute Gasteiger partial charge is 0.356 e. The van der Waals surface area contributed by atoms with Crippen LogP contribution in [0.5, 0.6) is 0 Å². The summed E-state index contributed by atoms with van der Waals surface area (Å²) in [5.74, 6) is 0.733. The van der Waals surface area contributed by atoms with Gasteiger partial charge in [-0.3, -0.25) is 9.59 Å². The van der Waals surface area contributed by atoms with Gasteiger partial charge in [0, 0.05) is 25.1 Å². The molecular weight excluding hydrogens is 364 g/mol. The Labute approximate surface area is 171 Å². The van der Waals surface area contributed by atoms with Crippen LogP contribution in [0.1, 0.15) is 38.1 Å². The van der Waals surface area contributed by atoms with Gasteiger partial charge in [-0.2, -0.15) is 0 Å². The molecule has 29 heavy (non-hydrogen) atoms. The number of anilines is 1. The topological polar surface area (TPSA) is 76.0 Å². The first-order valence-corrected chi connectivity index (χ1v) is 10.2. The Bertz CT molecular complexity index is 976. The maximum atomic E-state index is 12.7. The third kappa shape index (κ3) is 5.44. The maximum Gasteiger partial charge on any atom is 0.244 e. The zero-order valence-electron chi connectivity index (χ0n) is 17.1. The molecule has 152 valence electrons. The van der Waals surface area contributed by atoms with Gasteiger partial charge in [0.2, 0.25) is 11.8 Å². The number of hydrogen-bond acceptors (Lipinski definition) is 3. The Morgan fingerprint density at radius 2 is 1.76 bits per heavy atom. The number of nitrogens with one attached hydrogen (secondary N) is 2. The molecule has 2 N–H and O–H groups in total. The van der Waals surface area contributed by atoms with E-state index in [0.29, 0.717) is 19.4 Å². The lowest BCUT2D eigenvalue weighted by atomic mass is 10.1. The lowest BCUT2D eigenvalue weighted by Gasteiger charge is -2.11. The van der Waals surface area contributed by atoms with E-state index < -0.39 is 0 Å². The van der Waals surface area contributed by atoms with Crippen LogP contribution in [0.25, 0.3) is 11.0 Å². The smallest absolute Gasteiger partial charge is 0.244 e. The molecule has 3 rings (SSSR count). The molecule has 1 aromatic heterocycles. The lowest BCUT2D eigenvalue weighted by Crippen LogP contribution is -2.27. The Hall–Kier alpha value is -3.15. The molecule has 0 aliphatic rings. The third-order valence-electron chi connectivity index (χ3n) is 4.83. The summed E-state index contributed by atoms with van der Waals surface area (Å²) in [4.78, 5) is 29.1. The Morgan fingerprint density at radius 3 is 2.48 bits per heavy atom. The standard InChI is InChI=1S/C23H28N4O2/c1-3-7-22(28)24-15-14-21-26-19-8-5-6-9-20(19)27(21)16-23(29)25-18-12-10-17(4-2)11-13-18/h5-6,8-13H,3-4,7,14-16H2,1-2H3,(H,24,28)(H,25,29). The second-order valence-electron chi connectivity index (χ2n) is 7.05.